The van der Waals surface area contributed by atoms with Crippen molar-refractivity contribution in [3.05, 3.63) is 178 Å². The Labute approximate surface area is 321 Å². The number of aromatic amines is 1. The Morgan fingerprint density at radius 2 is 1.49 bits per heavy atom. The lowest BCUT2D eigenvalue weighted by atomic mass is 9.78. The van der Waals surface area contributed by atoms with Crippen LogP contribution in [0.2, 0.25) is 0 Å². The molecule has 1 aliphatic heterocycles. The van der Waals surface area contributed by atoms with Crippen LogP contribution in [0.5, 0.6) is 5.75 Å². The van der Waals surface area contributed by atoms with Crippen LogP contribution in [0.25, 0.3) is 17.0 Å². The van der Waals surface area contributed by atoms with Crippen LogP contribution in [0.15, 0.2) is 144 Å². The Morgan fingerprint density at radius 3 is 2.13 bits per heavy atom. The van der Waals surface area contributed by atoms with Crippen molar-refractivity contribution in [3.8, 4) is 5.75 Å². The van der Waals surface area contributed by atoms with E-state index < -0.39 is 13.2 Å². The summed E-state index contributed by atoms with van der Waals surface area (Å²) in [4.78, 5) is 23.0. The van der Waals surface area contributed by atoms with E-state index in [2.05, 4.69) is 4.98 Å². The zero-order valence-corrected chi connectivity index (χ0v) is 32.5. The fourth-order valence-electron chi connectivity index (χ4n) is 6.98. The standard InChI is InChI=1S/C45H44N3O6P/c1-31-15-14-22-41(54-55(50,52-29-33-16-8-6-9-17-33)53-30-34-18-10-7-11-19-34)44(31)45(3,4)28-43(49)48-39-21-13-12-20-35(39)25-40(48)37-27-42(51-5)38(47-37)26-36-24-23-32(2)46-36/h6-27,46H,28-30H2,1-5H3/b38-26+. The first-order chi connectivity index (χ1) is 26.5. The van der Waals surface area contributed by atoms with E-state index in [0.717, 1.165) is 44.5 Å². The van der Waals surface area contributed by atoms with Crippen LogP contribution in [0.1, 0.15) is 64.4 Å². The molecule has 6 aromatic rings. The van der Waals surface area contributed by atoms with E-state index in [4.69, 9.17) is 23.3 Å². The average molecular weight is 754 g/mol. The molecule has 9 nitrogen and oxygen atoms in total. The van der Waals surface area contributed by atoms with Crippen molar-refractivity contribution >= 4 is 36.4 Å². The third-order valence-corrected chi connectivity index (χ3v) is 10.8. The number of carbonyl (C=O) groups is 1. The molecule has 0 saturated heterocycles. The summed E-state index contributed by atoms with van der Waals surface area (Å²) >= 11 is 0. The van der Waals surface area contributed by atoms with Gasteiger partial charge < -0.3 is 14.2 Å². The first kappa shape index (κ1) is 37.6. The number of fused-ring (bicyclic) bond motifs is 1. The smallest absolute Gasteiger partial charge is 0.494 e. The minimum absolute atomic E-state index is 0.0179. The van der Waals surface area contributed by atoms with Gasteiger partial charge in [0.25, 0.3) is 0 Å². The van der Waals surface area contributed by atoms with Crippen molar-refractivity contribution in [2.24, 2.45) is 4.99 Å². The van der Waals surface area contributed by atoms with Gasteiger partial charge >= 0.3 is 7.82 Å². The van der Waals surface area contributed by atoms with Gasteiger partial charge in [0.1, 0.15) is 17.2 Å². The molecule has 0 atom stereocenters. The van der Waals surface area contributed by atoms with Crippen LogP contribution in [-0.2, 0) is 37.0 Å². The number of H-pyrrole nitrogens is 1. The van der Waals surface area contributed by atoms with Crippen molar-refractivity contribution in [1.82, 2.24) is 9.55 Å². The molecular formula is C45H44N3O6P. The maximum absolute atomic E-state index is 14.7. The van der Waals surface area contributed by atoms with E-state index in [0.29, 0.717) is 28.6 Å². The van der Waals surface area contributed by atoms with Crippen molar-refractivity contribution in [2.45, 2.75) is 52.7 Å². The number of phosphoric ester groups is 1. The molecule has 280 valence electrons. The molecule has 0 unspecified atom stereocenters. The summed E-state index contributed by atoms with van der Waals surface area (Å²) in [5, 5.41) is 0.906. The number of hydrogen-bond acceptors (Lipinski definition) is 7. The lowest BCUT2D eigenvalue weighted by Crippen LogP contribution is -2.28. The molecule has 0 aliphatic carbocycles. The SMILES string of the molecule is COC1=CC(c2cc3ccccc3n2C(=O)CC(C)(C)c2c(C)cccc2OP(=O)(OCc2ccccc2)OCc2ccccc2)=N/C1=C/c1ccc(C)[nH]1. The van der Waals surface area contributed by atoms with Gasteiger partial charge in [0.05, 0.1) is 37.2 Å². The van der Waals surface area contributed by atoms with Crippen molar-refractivity contribution in [2.75, 3.05) is 7.11 Å². The molecule has 4 aromatic carbocycles. The maximum Gasteiger partial charge on any atom is 0.530 e. The molecule has 0 radical (unpaired) electrons. The second kappa shape index (κ2) is 15.9. The van der Waals surface area contributed by atoms with Crippen LogP contribution in [0.3, 0.4) is 0 Å². The number of methoxy groups -OCH3 is 1. The van der Waals surface area contributed by atoms with Gasteiger partial charge in [-0.2, -0.15) is 0 Å². The van der Waals surface area contributed by atoms with Gasteiger partial charge in [0.2, 0.25) is 5.91 Å². The molecule has 0 bridgehead atoms. The largest absolute Gasteiger partial charge is 0.530 e. The number of allylic oxidation sites excluding steroid dienone is 1. The zero-order chi connectivity index (χ0) is 38.6. The van der Waals surface area contributed by atoms with Crippen LogP contribution in [0.4, 0.5) is 0 Å². The van der Waals surface area contributed by atoms with Gasteiger partial charge in [0.15, 0.2) is 0 Å². The lowest BCUT2D eigenvalue weighted by Gasteiger charge is -2.30. The van der Waals surface area contributed by atoms with Gasteiger partial charge in [0, 0.05) is 40.2 Å². The van der Waals surface area contributed by atoms with E-state index >= 15 is 0 Å². The topological polar surface area (TPSA) is 104 Å². The first-order valence-corrected chi connectivity index (χ1v) is 19.6. The molecule has 0 amide bonds. The fraction of sp³-hybridized carbons (Fsp3) is 0.200. The summed E-state index contributed by atoms with van der Waals surface area (Å²) < 4.78 is 40.2. The zero-order valence-electron chi connectivity index (χ0n) is 31.6. The summed E-state index contributed by atoms with van der Waals surface area (Å²) in [6.07, 6.45) is 3.87. The van der Waals surface area contributed by atoms with Crippen molar-refractivity contribution < 1.29 is 27.7 Å². The number of hydrogen-bond donors (Lipinski definition) is 1. The molecule has 7 rings (SSSR count). The summed E-state index contributed by atoms with van der Waals surface area (Å²) in [7, 11) is -2.58. The Hall–Kier alpha value is -5.73. The second-order valence-corrected chi connectivity index (χ2v) is 15.8. The number of aryl methyl sites for hydroxylation is 2. The number of nitrogens with zero attached hydrogens (tertiary/aromatic N) is 2. The van der Waals surface area contributed by atoms with Gasteiger partial charge in [-0.05, 0) is 66.9 Å². The minimum Gasteiger partial charge on any atom is -0.494 e. The minimum atomic E-state index is -4.20. The number of rotatable bonds is 14. The monoisotopic (exact) mass is 753 g/mol. The first-order valence-electron chi connectivity index (χ1n) is 18.1. The van der Waals surface area contributed by atoms with Crippen LogP contribution in [-0.4, -0.2) is 28.3 Å². The molecule has 0 fully saturated rings. The van der Waals surface area contributed by atoms with E-state index in [1.54, 1.807) is 17.7 Å². The Morgan fingerprint density at radius 1 is 0.836 bits per heavy atom. The van der Waals surface area contributed by atoms with Crippen LogP contribution in [0, 0.1) is 13.8 Å². The molecule has 2 aromatic heterocycles. The predicted octanol–water partition coefficient (Wildman–Crippen LogP) is 10.9. The summed E-state index contributed by atoms with van der Waals surface area (Å²) in [6.45, 7) is 7.96. The van der Waals surface area contributed by atoms with Crippen molar-refractivity contribution in [1.29, 1.82) is 0 Å². The summed E-state index contributed by atoms with van der Waals surface area (Å²) in [5.74, 6) is 0.774. The average Bonchev–Trinajstić information content (AvgIpc) is 3.90. The van der Waals surface area contributed by atoms with E-state index in [-0.39, 0.29) is 25.5 Å². The van der Waals surface area contributed by atoms with E-state index in [9.17, 15) is 9.36 Å². The third-order valence-electron chi connectivity index (χ3n) is 9.53. The highest BCUT2D eigenvalue weighted by Crippen LogP contribution is 2.53. The quantitative estimate of drug-likeness (QED) is 0.111. The number of aromatic nitrogens is 2. The fourth-order valence-corrected chi connectivity index (χ4v) is 8.17. The number of benzene rings is 4. The predicted molar refractivity (Wildman–Crippen MR) is 217 cm³/mol. The normalized spacial score (nSPS) is 13.9. The molecule has 0 spiro atoms. The number of para-hydroxylation sites is 1. The Balaban J connectivity index is 1.21. The van der Waals surface area contributed by atoms with Gasteiger partial charge in [-0.15, -0.1) is 0 Å². The molecular weight excluding hydrogens is 709 g/mol. The highest BCUT2D eigenvalue weighted by atomic mass is 31.2. The van der Waals surface area contributed by atoms with Crippen LogP contribution >= 0.6 is 7.82 Å². The highest BCUT2D eigenvalue weighted by Gasteiger charge is 2.36. The van der Waals surface area contributed by atoms with Gasteiger partial charge in [-0.25, -0.2) is 9.56 Å². The molecule has 55 heavy (non-hydrogen) atoms. The van der Waals surface area contributed by atoms with E-state index in [1.807, 2.05) is 155 Å². The molecule has 1 N–H and O–H groups in total. The van der Waals surface area contributed by atoms with Gasteiger partial charge in [-0.1, -0.05) is 105 Å². The Bertz CT molecular complexity index is 2430. The number of phosphoric acid groups is 1. The van der Waals surface area contributed by atoms with E-state index in [1.165, 1.54) is 0 Å². The van der Waals surface area contributed by atoms with Gasteiger partial charge in [-0.3, -0.25) is 18.4 Å². The summed E-state index contributed by atoms with van der Waals surface area (Å²) in [5.41, 5.74) is 7.04. The molecule has 3 heterocycles. The summed E-state index contributed by atoms with van der Waals surface area (Å²) in [6, 6.07) is 38.2. The molecule has 1 aliphatic rings. The molecule has 0 saturated carbocycles. The maximum atomic E-state index is 14.7. The lowest BCUT2D eigenvalue weighted by molar-refractivity contribution is 0.0880. The number of carbonyl (C=O) groups excluding carboxylic acids is 1. The molecule has 10 heteroatoms. The second-order valence-electron chi connectivity index (χ2n) is 14.2. The number of aliphatic imine (C=N–C) groups is 1. The third kappa shape index (κ3) is 8.50. The van der Waals surface area contributed by atoms with Crippen molar-refractivity contribution in [3.63, 3.8) is 0 Å². The Kier molecular flexibility index (Phi) is 10.9. The highest BCUT2D eigenvalue weighted by molar-refractivity contribution is 7.48. The number of ether oxygens (including phenoxy) is 1. The van der Waals surface area contributed by atoms with Crippen LogP contribution < -0.4 is 4.52 Å². The number of nitrogens with one attached hydrogen (secondary N) is 1.